The first-order chi connectivity index (χ1) is 7.83. The van der Waals surface area contributed by atoms with Crippen LogP contribution < -0.4 is 10.5 Å². The zero-order valence-corrected chi connectivity index (χ0v) is 10.8. The van der Waals surface area contributed by atoms with Gasteiger partial charge in [0.05, 0.1) is 11.9 Å². The number of benzene rings is 1. The molecule has 17 heavy (non-hydrogen) atoms. The van der Waals surface area contributed by atoms with Gasteiger partial charge >= 0.3 is 0 Å². The Morgan fingerprint density at radius 3 is 2.59 bits per heavy atom. The van der Waals surface area contributed by atoms with Crippen LogP contribution in [-0.4, -0.2) is 26.4 Å². The molecule has 0 amide bonds. The third kappa shape index (κ3) is 4.33. The number of aliphatic hydroxyl groups is 1. The van der Waals surface area contributed by atoms with Crippen LogP contribution in [-0.2, 0) is 16.4 Å². The SMILES string of the molecule is CC(N)c1ccc(NS(C)(=O)=O)c(CCO)c1. The van der Waals surface area contributed by atoms with E-state index >= 15 is 0 Å². The quantitative estimate of drug-likeness (QED) is 0.721. The van der Waals surface area contributed by atoms with E-state index in [1.807, 2.05) is 13.0 Å². The molecular weight excluding hydrogens is 240 g/mol. The first-order valence-electron chi connectivity index (χ1n) is 5.30. The van der Waals surface area contributed by atoms with E-state index in [1.54, 1.807) is 12.1 Å². The van der Waals surface area contributed by atoms with Gasteiger partial charge in [-0.2, -0.15) is 0 Å². The summed E-state index contributed by atoms with van der Waals surface area (Å²) in [6.07, 6.45) is 1.48. The van der Waals surface area contributed by atoms with Gasteiger partial charge in [0.25, 0.3) is 0 Å². The van der Waals surface area contributed by atoms with Gasteiger partial charge in [-0.15, -0.1) is 0 Å². The van der Waals surface area contributed by atoms with E-state index in [0.29, 0.717) is 12.1 Å². The second-order valence-corrected chi connectivity index (χ2v) is 5.80. The normalized spacial score (nSPS) is 13.4. The molecule has 0 heterocycles. The standard InChI is InChI=1S/C11H18N2O3S/c1-8(12)9-3-4-11(13-17(2,15)16)10(7-9)5-6-14/h3-4,7-8,13-14H,5-6,12H2,1-2H3. The average Bonchev–Trinajstić information content (AvgIpc) is 2.18. The largest absolute Gasteiger partial charge is 0.396 e. The summed E-state index contributed by atoms with van der Waals surface area (Å²) in [7, 11) is -3.31. The Labute approximate surface area is 102 Å². The molecule has 0 fully saturated rings. The highest BCUT2D eigenvalue weighted by atomic mass is 32.2. The molecule has 0 bridgehead atoms. The molecule has 1 aromatic rings. The molecule has 1 aromatic carbocycles. The Morgan fingerprint density at radius 1 is 1.47 bits per heavy atom. The number of nitrogens with one attached hydrogen (secondary N) is 1. The molecule has 4 N–H and O–H groups in total. The molecule has 0 spiro atoms. The van der Waals surface area contributed by atoms with Crippen molar-refractivity contribution in [1.29, 1.82) is 0 Å². The van der Waals surface area contributed by atoms with Gasteiger partial charge in [-0.1, -0.05) is 12.1 Å². The van der Waals surface area contributed by atoms with Crippen molar-refractivity contribution in [1.82, 2.24) is 0 Å². The Morgan fingerprint density at radius 2 is 2.12 bits per heavy atom. The van der Waals surface area contributed by atoms with Crippen LogP contribution in [0, 0.1) is 0 Å². The van der Waals surface area contributed by atoms with Crippen molar-refractivity contribution in [2.45, 2.75) is 19.4 Å². The minimum atomic E-state index is -3.31. The van der Waals surface area contributed by atoms with E-state index in [1.165, 1.54) is 0 Å². The van der Waals surface area contributed by atoms with Crippen LogP contribution in [0.2, 0.25) is 0 Å². The van der Waals surface area contributed by atoms with E-state index in [4.69, 9.17) is 10.8 Å². The summed E-state index contributed by atoms with van der Waals surface area (Å²) < 4.78 is 24.8. The first kappa shape index (κ1) is 14.0. The highest BCUT2D eigenvalue weighted by Crippen LogP contribution is 2.22. The third-order valence-corrected chi connectivity index (χ3v) is 2.92. The van der Waals surface area contributed by atoms with Crippen molar-refractivity contribution < 1.29 is 13.5 Å². The molecule has 0 aliphatic carbocycles. The first-order valence-corrected chi connectivity index (χ1v) is 7.19. The number of anilines is 1. The van der Waals surface area contributed by atoms with Crippen molar-refractivity contribution in [3.63, 3.8) is 0 Å². The van der Waals surface area contributed by atoms with Crippen molar-refractivity contribution in [3.8, 4) is 0 Å². The maximum Gasteiger partial charge on any atom is 0.229 e. The van der Waals surface area contributed by atoms with Gasteiger partial charge in [0.15, 0.2) is 0 Å². The Hall–Kier alpha value is -1.11. The summed E-state index contributed by atoms with van der Waals surface area (Å²) in [6.45, 7) is 1.81. The monoisotopic (exact) mass is 258 g/mol. The van der Waals surface area contributed by atoms with Crippen molar-refractivity contribution in [2.75, 3.05) is 17.6 Å². The molecule has 5 nitrogen and oxygen atoms in total. The topological polar surface area (TPSA) is 92.4 Å². The maximum absolute atomic E-state index is 11.2. The second kappa shape index (κ2) is 5.48. The minimum Gasteiger partial charge on any atom is -0.396 e. The van der Waals surface area contributed by atoms with Crippen molar-refractivity contribution in [2.24, 2.45) is 5.73 Å². The fourth-order valence-electron chi connectivity index (χ4n) is 1.52. The molecular formula is C11H18N2O3S. The van der Waals surface area contributed by atoms with Gasteiger partial charge in [-0.3, -0.25) is 4.72 Å². The molecule has 1 atom stereocenters. The van der Waals surface area contributed by atoms with Crippen LogP contribution in [0.15, 0.2) is 18.2 Å². The third-order valence-electron chi connectivity index (χ3n) is 2.33. The molecule has 1 unspecified atom stereocenters. The Kier molecular flexibility index (Phi) is 4.50. The summed E-state index contributed by atoms with van der Waals surface area (Å²) >= 11 is 0. The summed E-state index contributed by atoms with van der Waals surface area (Å²) in [5, 5.41) is 8.96. The lowest BCUT2D eigenvalue weighted by Gasteiger charge is -2.13. The van der Waals surface area contributed by atoms with E-state index in [9.17, 15) is 8.42 Å². The second-order valence-electron chi connectivity index (χ2n) is 4.05. The van der Waals surface area contributed by atoms with E-state index in [2.05, 4.69) is 4.72 Å². The van der Waals surface area contributed by atoms with Crippen molar-refractivity contribution >= 4 is 15.7 Å². The van der Waals surface area contributed by atoms with E-state index < -0.39 is 10.0 Å². The van der Waals surface area contributed by atoms with Gasteiger partial charge in [0.1, 0.15) is 0 Å². The van der Waals surface area contributed by atoms with Gasteiger partial charge in [-0.25, -0.2) is 8.42 Å². The summed E-state index contributed by atoms with van der Waals surface area (Å²) in [5.41, 5.74) is 7.90. The highest BCUT2D eigenvalue weighted by molar-refractivity contribution is 7.92. The molecule has 6 heteroatoms. The van der Waals surface area contributed by atoms with Gasteiger partial charge < -0.3 is 10.8 Å². The average molecular weight is 258 g/mol. The molecule has 0 saturated heterocycles. The number of aliphatic hydroxyl groups excluding tert-OH is 1. The number of rotatable bonds is 5. The number of nitrogens with two attached hydrogens (primary N) is 1. The lowest BCUT2D eigenvalue weighted by molar-refractivity contribution is 0.300. The van der Waals surface area contributed by atoms with Crippen LogP contribution in [0.5, 0.6) is 0 Å². The number of hydrogen-bond donors (Lipinski definition) is 3. The lowest BCUT2D eigenvalue weighted by atomic mass is 10.0. The van der Waals surface area contributed by atoms with Crippen LogP contribution >= 0.6 is 0 Å². The summed E-state index contributed by atoms with van der Waals surface area (Å²) in [5.74, 6) is 0. The fourth-order valence-corrected chi connectivity index (χ4v) is 2.12. The highest BCUT2D eigenvalue weighted by Gasteiger charge is 2.09. The molecule has 0 aromatic heterocycles. The van der Waals surface area contributed by atoms with Crippen LogP contribution in [0.3, 0.4) is 0 Å². The molecule has 0 aliphatic rings. The number of sulfonamides is 1. The summed E-state index contributed by atoms with van der Waals surface area (Å²) in [4.78, 5) is 0. The zero-order valence-electron chi connectivity index (χ0n) is 9.97. The van der Waals surface area contributed by atoms with Crippen LogP contribution in [0.1, 0.15) is 24.1 Å². The van der Waals surface area contributed by atoms with Crippen LogP contribution in [0.4, 0.5) is 5.69 Å². The molecule has 96 valence electrons. The van der Waals surface area contributed by atoms with Gasteiger partial charge in [0.2, 0.25) is 10.0 Å². The fraction of sp³-hybridized carbons (Fsp3) is 0.455. The minimum absolute atomic E-state index is 0.0408. The Balaban J connectivity index is 3.12. The van der Waals surface area contributed by atoms with E-state index in [0.717, 1.165) is 17.4 Å². The molecule has 0 radical (unpaired) electrons. The maximum atomic E-state index is 11.2. The van der Waals surface area contributed by atoms with Crippen molar-refractivity contribution in [3.05, 3.63) is 29.3 Å². The molecule has 1 rings (SSSR count). The van der Waals surface area contributed by atoms with Gasteiger partial charge in [-0.05, 0) is 30.5 Å². The Bertz CT molecular complexity index is 483. The predicted octanol–water partition coefficient (Wildman–Crippen LogP) is 0.613. The van der Waals surface area contributed by atoms with Gasteiger partial charge in [0, 0.05) is 12.6 Å². The zero-order chi connectivity index (χ0) is 13.1. The molecule has 0 aliphatic heterocycles. The smallest absolute Gasteiger partial charge is 0.229 e. The predicted molar refractivity (Wildman–Crippen MR) is 68.3 cm³/mol. The number of hydrogen-bond acceptors (Lipinski definition) is 4. The summed E-state index contributed by atoms with van der Waals surface area (Å²) in [6, 6.07) is 5.14. The van der Waals surface area contributed by atoms with Crippen LogP contribution in [0.25, 0.3) is 0 Å². The van der Waals surface area contributed by atoms with E-state index in [-0.39, 0.29) is 12.6 Å². The molecule has 0 saturated carbocycles. The lowest BCUT2D eigenvalue weighted by Crippen LogP contribution is -2.13.